The van der Waals surface area contributed by atoms with Crippen molar-refractivity contribution in [3.05, 3.63) is 29.8 Å². The summed E-state index contributed by atoms with van der Waals surface area (Å²) in [7, 11) is 1.77. The highest BCUT2D eigenvalue weighted by molar-refractivity contribution is 5.85. The second-order valence-corrected chi connectivity index (χ2v) is 2.97. The number of alkyl halides is 3. The zero-order valence-corrected chi connectivity index (χ0v) is 9.49. The normalized spacial score (nSPS) is 10.8. The Morgan fingerprint density at radius 3 is 2.19 bits per heavy atom. The van der Waals surface area contributed by atoms with Crippen molar-refractivity contribution in [2.45, 2.75) is 6.18 Å². The SMILES string of the molecule is CNCCOc1ccc(C(F)(F)F)cc1.Cl. The first kappa shape index (κ1) is 15.1. The standard InChI is InChI=1S/C10H12F3NO.ClH/c1-14-6-7-15-9-4-2-8(3-5-9)10(11,12)13;/h2-5,14H,6-7H2,1H3;1H. The molecule has 0 aliphatic heterocycles. The Hall–Kier alpha value is -0.940. The number of rotatable bonds is 4. The van der Waals surface area contributed by atoms with Gasteiger partial charge in [-0.25, -0.2) is 0 Å². The second-order valence-electron chi connectivity index (χ2n) is 2.97. The summed E-state index contributed by atoms with van der Waals surface area (Å²) in [6.45, 7) is 1.09. The van der Waals surface area contributed by atoms with Gasteiger partial charge in [-0.3, -0.25) is 0 Å². The molecule has 6 heteroatoms. The van der Waals surface area contributed by atoms with Crippen LogP contribution in [0.1, 0.15) is 5.56 Å². The molecule has 0 amide bonds. The Balaban J connectivity index is 0.00000225. The molecule has 0 radical (unpaired) electrons. The highest BCUT2D eigenvalue weighted by Crippen LogP contribution is 2.30. The minimum Gasteiger partial charge on any atom is -0.492 e. The van der Waals surface area contributed by atoms with E-state index in [9.17, 15) is 13.2 Å². The van der Waals surface area contributed by atoms with Crippen molar-refractivity contribution in [2.75, 3.05) is 20.2 Å². The van der Waals surface area contributed by atoms with Gasteiger partial charge in [0.1, 0.15) is 12.4 Å². The third-order valence-electron chi connectivity index (χ3n) is 1.80. The lowest BCUT2D eigenvalue weighted by Gasteiger charge is -2.08. The van der Waals surface area contributed by atoms with Crippen LogP contribution in [0.3, 0.4) is 0 Å². The largest absolute Gasteiger partial charge is 0.492 e. The predicted octanol–water partition coefficient (Wildman–Crippen LogP) is 2.73. The van der Waals surface area contributed by atoms with E-state index in [1.807, 2.05) is 0 Å². The van der Waals surface area contributed by atoms with Crippen LogP contribution in [0.2, 0.25) is 0 Å². The molecule has 0 spiro atoms. The van der Waals surface area contributed by atoms with Crippen molar-refractivity contribution in [1.29, 1.82) is 0 Å². The molecule has 0 saturated heterocycles. The average molecular weight is 256 g/mol. The van der Waals surface area contributed by atoms with Crippen molar-refractivity contribution in [1.82, 2.24) is 5.32 Å². The van der Waals surface area contributed by atoms with Crippen molar-refractivity contribution in [2.24, 2.45) is 0 Å². The van der Waals surface area contributed by atoms with Gasteiger partial charge in [0.2, 0.25) is 0 Å². The Morgan fingerprint density at radius 2 is 1.75 bits per heavy atom. The van der Waals surface area contributed by atoms with Crippen LogP contribution in [-0.4, -0.2) is 20.2 Å². The molecule has 0 aliphatic carbocycles. The second kappa shape index (κ2) is 6.60. The summed E-state index contributed by atoms with van der Waals surface area (Å²) < 4.78 is 41.7. The summed E-state index contributed by atoms with van der Waals surface area (Å²) in [6, 6.07) is 4.65. The first-order valence-corrected chi connectivity index (χ1v) is 4.48. The first-order valence-electron chi connectivity index (χ1n) is 4.48. The molecule has 1 N–H and O–H groups in total. The van der Waals surface area contributed by atoms with Crippen LogP contribution in [0.5, 0.6) is 5.75 Å². The highest BCUT2D eigenvalue weighted by atomic mass is 35.5. The van der Waals surface area contributed by atoms with Gasteiger partial charge >= 0.3 is 6.18 Å². The lowest BCUT2D eigenvalue weighted by atomic mass is 10.2. The zero-order valence-electron chi connectivity index (χ0n) is 8.67. The lowest BCUT2D eigenvalue weighted by molar-refractivity contribution is -0.137. The van der Waals surface area contributed by atoms with Crippen LogP contribution >= 0.6 is 12.4 Å². The monoisotopic (exact) mass is 255 g/mol. The van der Waals surface area contributed by atoms with Crippen LogP contribution in [0.15, 0.2) is 24.3 Å². The molecule has 1 rings (SSSR count). The number of hydrogen-bond acceptors (Lipinski definition) is 2. The molecule has 1 aromatic carbocycles. The van der Waals surface area contributed by atoms with Crippen molar-refractivity contribution < 1.29 is 17.9 Å². The van der Waals surface area contributed by atoms with Gasteiger partial charge in [0, 0.05) is 6.54 Å². The molecule has 0 bridgehead atoms. The highest BCUT2D eigenvalue weighted by Gasteiger charge is 2.29. The first-order chi connectivity index (χ1) is 7.04. The molecule has 92 valence electrons. The quantitative estimate of drug-likeness (QED) is 0.836. The molecule has 0 fully saturated rings. The molecule has 0 unspecified atom stereocenters. The molecule has 2 nitrogen and oxygen atoms in total. The summed E-state index contributed by atoms with van der Waals surface area (Å²) in [4.78, 5) is 0. The average Bonchev–Trinajstić information content (AvgIpc) is 2.18. The van der Waals surface area contributed by atoms with Gasteiger partial charge in [0.15, 0.2) is 0 Å². The zero-order chi connectivity index (χ0) is 11.3. The third-order valence-corrected chi connectivity index (χ3v) is 1.80. The predicted molar refractivity (Wildman–Crippen MR) is 58.1 cm³/mol. The molecule has 1 aromatic rings. The van der Waals surface area contributed by atoms with Gasteiger partial charge in [0.25, 0.3) is 0 Å². The summed E-state index contributed by atoms with van der Waals surface area (Å²) in [5.41, 5.74) is -0.663. The molecule has 16 heavy (non-hydrogen) atoms. The van der Waals surface area contributed by atoms with Crippen LogP contribution in [0, 0.1) is 0 Å². The van der Waals surface area contributed by atoms with Gasteiger partial charge in [-0.1, -0.05) is 0 Å². The maximum atomic E-state index is 12.2. The number of benzene rings is 1. The fourth-order valence-electron chi connectivity index (χ4n) is 1.01. The lowest BCUT2D eigenvalue weighted by Crippen LogP contribution is -2.16. The number of ether oxygens (including phenoxy) is 1. The Labute approximate surface area is 98.2 Å². The molecule has 0 saturated carbocycles. The fourth-order valence-corrected chi connectivity index (χ4v) is 1.01. The maximum absolute atomic E-state index is 12.2. The van der Waals surface area contributed by atoms with E-state index in [0.29, 0.717) is 18.9 Å². The topological polar surface area (TPSA) is 21.3 Å². The van der Waals surface area contributed by atoms with E-state index >= 15 is 0 Å². The molecular formula is C10H13ClF3NO. The number of likely N-dealkylation sites (N-methyl/N-ethyl adjacent to an activating group) is 1. The van der Waals surface area contributed by atoms with Crippen molar-refractivity contribution >= 4 is 12.4 Å². The van der Waals surface area contributed by atoms with E-state index < -0.39 is 11.7 Å². The fraction of sp³-hybridized carbons (Fsp3) is 0.400. The van der Waals surface area contributed by atoms with Gasteiger partial charge in [-0.15, -0.1) is 12.4 Å². The van der Waals surface area contributed by atoms with E-state index in [-0.39, 0.29) is 12.4 Å². The number of nitrogens with one attached hydrogen (secondary N) is 1. The summed E-state index contributed by atoms with van der Waals surface area (Å²) in [5.74, 6) is 0.443. The number of halogens is 4. The van der Waals surface area contributed by atoms with Gasteiger partial charge in [-0.05, 0) is 31.3 Å². The Kier molecular flexibility index (Phi) is 6.21. The molecule has 0 heterocycles. The van der Waals surface area contributed by atoms with E-state index in [0.717, 1.165) is 12.1 Å². The smallest absolute Gasteiger partial charge is 0.416 e. The Bertz CT molecular complexity index is 300. The molecular weight excluding hydrogens is 243 g/mol. The molecule has 0 aliphatic rings. The molecule has 0 aromatic heterocycles. The summed E-state index contributed by atoms with van der Waals surface area (Å²) in [6.07, 6.45) is -4.29. The van der Waals surface area contributed by atoms with E-state index in [2.05, 4.69) is 5.32 Å². The van der Waals surface area contributed by atoms with Crippen LogP contribution in [0.4, 0.5) is 13.2 Å². The van der Waals surface area contributed by atoms with Crippen molar-refractivity contribution in [3.63, 3.8) is 0 Å². The van der Waals surface area contributed by atoms with Gasteiger partial charge in [-0.2, -0.15) is 13.2 Å². The van der Waals surface area contributed by atoms with Gasteiger partial charge < -0.3 is 10.1 Å². The van der Waals surface area contributed by atoms with E-state index in [4.69, 9.17) is 4.74 Å². The summed E-state index contributed by atoms with van der Waals surface area (Å²) in [5, 5.41) is 2.87. The Morgan fingerprint density at radius 1 is 1.19 bits per heavy atom. The minimum absolute atomic E-state index is 0. The minimum atomic E-state index is -4.29. The molecule has 0 atom stereocenters. The van der Waals surface area contributed by atoms with E-state index in [1.165, 1.54) is 12.1 Å². The van der Waals surface area contributed by atoms with Crippen LogP contribution in [0.25, 0.3) is 0 Å². The van der Waals surface area contributed by atoms with Crippen LogP contribution in [-0.2, 0) is 6.18 Å². The number of hydrogen-bond donors (Lipinski definition) is 1. The van der Waals surface area contributed by atoms with E-state index in [1.54, 1.807) is 7.05 Å². The van der Waals surface area contributed by atoms with Crippen LogP contribution < -0.4 is 10.1 Å². The summed E-state index contributed by atoms with van der Waals surface area (Å²) >= 11 is 0. The van der Waals surface area contributed by atoms with Crippen molar-refractivity contribution in [3.8, 4) is 5.75 Å². The van der Waals surface area contributed by atoms with Gasteiger partial charge in [0.05, 0.1) is 5.56 Å². The maximum Gasteiger partial charge on any atom is 0.416 e. The third kappa shape index (κ3) is 4.72.